The van der Waals surface area contributed by atoms with Gasteiger partial charge in [0.25, 0.3) is 5.91 Å². The lowest BCUT2D eigenvalue weighted by molar-refractivity contribution is 0.0944. The fraction of sp³-hybridized carbons (Fsp3) is 0.0417. The first-order chi connectivity index (χ1) is 12.8. The van der Waals surface area contributed by atoms with Crippen molar-refractivity contribution in [1.29, 1.82) is 0 Å². The predicted molar refractivity (Wildman–Crippen MR) is 106 cm³/mol. The minimum Gasteiger partial charge on any atom is -0.341 e. The number of carbonyl (C=O) groups excluding carboxylic acids is 1. The van der Waals surface area contributed by atoms with Gasteiger partial charge in [-0.25, -0.2) is 0 Å². The molecule has 0 fully saturated rings. The van der Waals surface area contributed by atoms with Gasteiger partial charge in [-0.1, -0.05) is 97.1 Å². The number of fused-ring (bicyclic) bond motifs is 1. The van der Waals surface area contributed by atoms with Gasteiger partial charge >= 0.3 is 0 Å². The lowest BCUT2D eigenvalue weighted by Gasteiger charge is -2.20. The molecule has 0 unspecified atom stereocenters. The highest BCUT2D eigenvalue weighted by atomic mass is 16.1. The molecule has 0 saturated carbocycles. The summed E-state index contributed by atoms with van der Waals surface area (Å²) < 4.78 is 0. The van der Waals surface area contributed by atoms with Crippen molar-refractivity contribution in [1.82, 2.24) is 5.32 Å². The second-order valence-electron chi connectivity index (χ2n) is 6.25. The first kappa shape index (κ1) is 16.1. The molecule has 126 valence electrons. The third-order valence-corrected chi connectivity index (χ3v) is 4.58. The van der Waals surface area contributed by atoms with Crippen molar-refractivity contribution in [2.45, 2.75) is 6.04 Å². The Hall–Kier alpha value is -3.39. The van der Waals surface area contributed by atoms with Crippen LogP contribution in [0.4, 0.5) is 0 Å². The van der Waals surface area contributed by atoms with Crippen molar-refractivity contribution in [3.8, 4) is 0 Å². The molecule has 1 N–H and O–H groups in total. The van der Waals surface area contributed by atoms with Crippen molar-refractivity contribution in [2.24, 2.45) is 0 Å². The number of benzene rings is 4. The van der Waals surface area contributed by atoms with Crippen LogP contribution in [0.25, 0.3) is 10.8 Å². The van der Waals surface area contributed by atoms with E-state index in [1.165, 1.54) is 0 Å². The lowest BCUT2D eigenvalue weighted by atomic mass is 9.97. The Kier molecular flexibility index (Phi) is 4.48. The van der Waals surface area contributed by atoms with Crippen LogP contribution in [0.2, 0.25) is 0 Å². The standard InChI is InChI=1S/C24H19NO/c26-24(22-17-9-15-18-10-7-8-16-21(18)22)25-23(19-11-3-1-4-12-19)20-13-5-2-6-14-20/h1-17,23H,(H,25,26). The second kappa shape index (κ2) is 7.24. The van der Waals surface area contributed by atoms with E-state index < -0.39 is 0 Å². The summed E-state index contributed by atoms with van der Waals surface area (Å²) in [4.78, 5) is 13.1. The largest absolute Gasteiger partial charge is 0.341 e. The molecule has 0 aliphatic rings. The van der Waals surface area contributed by atoms with Crippen LogP contribution in [-0.2, 0) is 0 Å². The van der Waals surface area contributed by atoms with E-state index in [0.29, 0.717) is 5.56 Å². The lowest BCUT2D eigenvalue weighted by Crippen LogP contribution is -2.29. The van der Waals surface area contributed by atoms with E-state index in [0.717, 1.165) is 21.9 Å². The van der Waals surface area contributed by atoms with Crippen LogP contribution in [0, 0.1) is 0 Å². The Bertz CT molecular complexity index is 981. The number of hydrogen-bond acceptors (Lipinski definition) is 1. The molecule has 0 aliphatic heterocycles. The second-order valence-corrected chi connectivity index (χ2v) is 6.25. The zero-order valence-electron chi connectivity index (χ0n) is 14.3. The quantitative estimate of drug-likeness (QED) is 0.534. The first-order valence-corrected chi connectivity index (χ1v) is 8.71. The van der Waals surface area contributed by atoms with Gasteiger partial charge in [0.15, 0.2) is 0 Å². The molecule has 2 nitrogen and oxygen atoms in total. The topological polar surface area (TPSA) is 29.1 Å². The molecular formula is C24H19NO. The number of carbonyl (C=O) groups is 1. The van der Waals surface area contributed by atoms with E-state index in [1.807, 2.05) is 103 Å². The molecule has 0 bridgehead atoms. The van der Waals surface area contributed by atoms with Crippen LogP contribution < -0.4 is 5.32 Å². The minimum atomic E-state index is -0.191. The molecule has 4 aromatic rings. The Morgan fingerprint density at radius 3 is 1.81 bits per heavy atom. The molecule has 1 amide bonds. The number of amides is 1. The number of hydrogen-bond donors (Lipinski definition) is 1. The summed E-state index contributed by atoms with van der Waals surface area (Å²) in [6.07, 6.45) is 0. The summed E-state index contributed by atoms with van der Waals surface area (Å²) in [7, 11) is 0. The van der Waals surface area contributed by atoms with Gasteiger partial charge < -0.3 is 5.32 Å². The normalized spacial score (nSPS) is 10.8. The maximum absolute atomic E-state index is 13.1. The van der Waals surface area contributed by atoms with Crippen LogP contribution in [-0.4, -0.2) is 5.91 Å². The maximum Gasteiger partial charge on any atom is 0.252 e. The highest BCUT2D eigenvalue weighted by Crippen LogP contribution is 2.24. The van der Waals surface area contributed by atoms with Crippen LogP contribution in [0.5, 0.6) is 0 Å². The molecule has 0 aliphatic carbocycles. The van der Waals surface area contributed by atoms with Crippen LogP contribution in [0.15, 0.2) is 103 Å². The first-order valence-electron chi connectivity index (χ1n) is 8.71. The zero-order valence-corrected chi connectivity index (χ0v) is 14.3. The van der Waals surface area contributed by atoms with E-state index >= 15 is 0 Å². The van der Waals surface area contributed by atoms with Crippen LogP contribution in [0.3, 0.4) is 0 Å². The third-order valence-electron chi connectivity index (χ3n) is 4.58. The van der Waals surface area contributed by atoms with Gasteiger partial charge in [-0.3, -0.25) is 4.79 Å². The van der Waals surface area contributed by atoms with Gasteiger partial charge in [0.2, 0.25) is 0 Å². The van der Waals surface area contributed by atoms with Gasteiger partial charge in [-0.15, -0.1) is 0 Å². The van der Waals surface area contributed by atoms with Gasteiger partial charge in [-0.05, 0) is 28.0 Å². The fourth-order valence-electron chi connectivity index (χ4n) is 3.28. The Balaban J connectivity index is 1.73. The summed E-state index contributed by atoms with van der Waals surface area (Å²) in [6, 6.07) is 33.7. The summed E-state index contributed by atoms with van der Waals surface area (Å²) in [6.45, 7) is 0. The van der Waals surface area contributed by atoms with Crippen LogP contribution in [0.1, 0.15) is 27.5 Å². The predicted octanol–water partition coefficient (Wildman–Crippen LogP) is 5.36. The molecule has 0 saturated heterocycles. The fourth-order valence-corrected chi connectivity index (χ4v) is 3.28. The van der Waals surface area contributed by atoms with Gasteiger partial charge in [0, 0.05) is 5.56 Å². The SMILES string of the molecule is O=C(NC(c1ccccc1)c1ccccc1)c1cccc2ccccc12. The minimum absolute atomic E-state index is 0.0699. The van der Waals surface area contributed by atoms with Gasteiger partial charge in [0.05, 0.1) is 6.04 Å². The van der Waals surface area contributed by atoms with Crippen molar-refractivity contribution in [3.63, 3.8) is 0 Å². The van der Waals surface area contributed by atoms with Gasteiger partial charge in [-0.2, -0.15) is 0 Å². The van der Waals surface area contributed by atoms with E-state index in [-0.39, 0.29) is 11.9 Å². The monoisotopic (exact) mass is 337 g/mol. The summed E-state index contributed by atoms with van der Waals surface area (Å²) in [5.74, 6) is -0.0699. The van der Waals surface area contributed by atoms with Crippen molar-refractivity contribution in [2.75, 3.05) is 0 Å². The third kappa shape index (κ3) is 3.22. The molecule has 0 atom stereocenters. The maximum atomic E-state index is 13.1. The Labute approximate surface area is 153 Å². The van der Waals surface area contributed by atoms with E-state index in [4.69, 9.17) is 0 Å². The zero-order chi connectivity index (χ0) is 17.8. The molecule has 0 heterocycles. The number of rotatable bonds is 4. The van der Waals surface area contributed by atoms with E-state index in [2.05, 4.69) is 5.32 Å². The molecule has 0 aromatic heterocycles. The highest BCUT2D eigenvalue weighted by molar-refractivity contribution is 6.07. The average molecular weight is 337 g/mol. The van der Waals surface area contributed by atoms with Crippen molar-refractivity contribution in [3.05, 3.63) is 120 Å². The Morgan fingerprint density at radius 1 is 0.615 bits per heavy atom. The Morgan fingerprint density at radius 2 is 1.15 bits per heavy atom. The average Bonchev–Trinajstić information content (AvgIpc) is 2.72. The molecule has 26 heavy (non-hydrogen) atoms. The molecule has 4 rings (SSSR count). The summed E-state index contributed by atoms with van der Waals surface area (Å²) in [5.41, 5.74) is 2.82. The molecule has 2 heteroatoms. The number of nitrogens with one attached hydrogen (secondary N) is 1. The summed E-state index contributed by atoms with van der Waals surface area (Å²) >= 11 is 0. The van der Waals surface area contributed by atoms with E-state index in [9.17, 15) is 4.79 Å². The van der Waals surface area contributed by atoms with Crippen molar-refractivity contribution >= 4 is 16.7 Å². The molecule has 0 spiro atoms. The highest BCUT2D eigenvalue weighted by Gasteiger charge is 2.18. The molecule has 4 aromatic carbocycles. The molecule has 0 radical (unpaired) electrons. The molecular weight excluding hydrogens is 318 g/mol. The summed E-state index contributed by atoms with van der Waals surface area (Å²) in [5, 5.41) is 5.25. The van der Waals surface area contributed by atoms with E-state index in [1.54, 1.807) is 0 Å². The smallest absolute Gasteiger partial charge is 0.252 e. The van der Waals surface area contributed by atoms with Gasteiger partial charge in [0.1, 0.15) is 0 Å². The van der Waals surface area contributed by atoms with Crippen LogP contribution >= 0.6 is 0 Å². The van der Waals surface area contributed by atoms with Crippen molar-refractivity contribution < 1.29 is 4.79 Å².